The van der Waals surface area contributed by atoms with Crippen LogP contribution in [-0.4, -0.2) is 15.8 Å². The summed E-state index contributed by atoms with van der Waals surface area (Å²) in [5.74, 6) is -1.63. The molecule has 1 aromatic carbocycles. The molecule has 19 heavy (non-hydrogen) atoms. The van der Waals surface area contributed by atoms with E-state index in [1.54, 1.807) is 12.3 Å². The van der Waals surface area contributed by atoms with Crippen molar-refractivity contribution in [2.45, 2.75) is 26.1 Å². The van der Waals surface area contributed by atoms with Crippen molar-refractivity contribution in [3.63, 3.8) is 0 Å². The maximum absolute atomic E-state index is 13.0. The van der Waals surface area contributed by atoms with Gasteiger partial charge in [0.05, 0.1) is 6.54 Å². The summed E-state index contributed by atoms with van der Waals surface area (Å²) < 4.78 is 27.6. The van der Waals surface area contributed by atoms with Gasteiger partial charge in [0.2, 0.25) is 0 Å². The van der Waals surface area contributed by atoms with E-state index in [2.05, 4.69) is 10.4 Å². The van der Waals surface area contributed by atoms with Gasteiger partial charge in [-0.25, -0.2) is 8.78 Å². The van der Waals surface area contributed by atoms with E-state index in [9.17, 15) is 8.78 Å². The number of aromatic nitrogens is 2. The number of halogens is 3. The van der Waals surface area contributed by atoms with Crippen LogP contribution in [0.5, 0.6) is 0 Å². The lowest BCUT2D eigenvalue weighted by Gasteiger charge is -2.14. The maximum Gasteiger partial charge on any atom is 0.159 e. The molecule has 0 saturated carbocycles. The first-order chi connectivity index (χ1) is 8.65. The second kappa shape index (κ2) is 7.21. The third kappa shape index (κ3) is 4.61. The molecule has 0 fully saturated rings. The summed E-state index contributed by atoms with van der Waals surface area (Å²) >= 11 is 0. The minimum Gasteiger partial charge on any atom is -0.308 e. The van der Waals surface area contributed by atoms with Gasteiger partial charge in [0.25, 0.3) is 0 Å². The third-order valence-electron chi connectivity index (χ3n) is 2.66. The van der Waals surface area contributed by atoms with E-state index in [0.717, 1.165) is 18.2 Å². The first-order valence-electron chi connectivity index (χ1n) is 5.80. The van der Waals surface area contributed by atoms with Crippen LogP contribution < -0.4 is 5.32 Å². The zero-order valence-electron chi connectivity index (χ0n) is 10.5. The molecule has 0 amide bonds. The molecule has 6 heteroatoms. The van der Waals surface area contributed by atoms with E-state index < -0.39 is 11.6 Å². The van der Waals surface area contributed by atoms with Gasteiger partial charge < -0.3 is 5.32 Å². The van der Waals surface area contributed by atoms with E-state index in [4.69, 9.17) is 0 Å². The molecule has 0 bridgehead atoms. The van der Waals surface area contributed by atoms with Crippen LogP contribution in [0.4, 0.5) is 8.78 Å². The number of rotatable bonds is 5. The first-order valence-corrected chi connectivity index (χ1v) is 5.80. The van der Waals surface area contributed by atoms with E-state index in [1.807, 2.05) is 23.9 Å². The normalized spacial score (nSPS) is 11.9. The van der Waals surface area contributed by atoms with Crippen molar-refractivity contribution in [1.82, 2.24) is 15.1 Å². The lowest BCUT2D eigenvalue weighted by Crippen LogP contribution is -2.30. The molecule has 1 aromatic heterocycles. The molecular weight excluding hydrogens is 272 g/mol. The molecule has 1 N–H and O–H groups in total. The highest BCUT2D eigenvalue weighted by Gasteiger charge is 2.05. The summed E-state index contributed by atoms with van der Waals surface area (Å²) in [4.78, 5) is 0. The van der Waals surface area contributed by atoms with Gasteiger partial charge in [-0.05, 0) is 30.7 Å². The average Bonchev–Trinajstić information content (AvgIpc) is 2.83. The van der Waals surface area contributed by atoms with Crippen LogP contribution in [-0.2, 0) is 13.1 Å². The molecule has 1 atom stereocenters. The molecule has 0 saturated heterocycles. The number of nitrogens with one attached hydrogen (secondary N) is 1. The maximum atomic E-state index is 13.0. The first kappa shape index (κ1) is 15.6. The standard InChI is InChI=1S/C13H15F2N3.ClH/c1-10(9-18-6-2-5-17-18)16-8-11-3-4-12(14)13(15)7-11;/h2-7,10,16H,8-9H2,1H3;1H. The van der Waals surface area contributed by atoms with E-state index in [-0.39, 0.29) is 18.4 Å². The smallest absolute Gasteiger partial charge is 0.159 e. The van der Waals surface area contributed by atoms with E-state index >= 15 is 0 Å². The Bertz CT molecular complexity index is 503. The summed E-state index contributed by atoms with van der Waals surface area (Å²) in [5, 5.41) is 7.34. The van der Waals surface area contributed by atoms with Crippen molar-refractivity contribution in [3.8, 4) is 0 Å². The zero-order valence-corrected chi connectivity index (χ0v) is 11.3. The molecule has 0 radical (unpaired) electrons. The Morgan fingerprint density at radius 3 is 2.74 bits per heavy atom. The van der Waals surface area contributed by atoms with Crippen molar-refractivity contribution in [1.29, 1.82) is 0 Å². The quantitative estimate of drug-likeness (QED) is 0.916. The molecule has 0 aliphatic rings. The summed E-state index contributed by atoms with van der Waals surface area (Å²) in [6.07, 6.45) is 3.61. The fourth-order valence-corrected chi connectivity index (χ4v) is 1.70. The summed E-state index contributed by atoms with van der Waals surface area (Å²) in [7, 11) is 0. The minimum absolute atomic E-state index is 0. The highest BCUT2D eigenvalue weighted by atomic mass is 35.5. The summed E-state index contributed by atoms with van der Waals surface area (Å²) in [6, 6.07) is 5.99. The van der Waals surface area contributed by atoms with Crippen LogP contribution in [0.3, 0.4) is 0 Å². The molecule has 3 nitrogen and oxygen atoms in total. The Hall–Kier alpha value is -1.46. The minimum atomic E-state index is -0.816. The number of hydrogen-bond acceptors (Lipinski definition) is 2. The van der Waals surface area contributed by atoms with Gasteiger partial charge in [-0.15, -0.1) is 12.4 Å². The van der Waals surface area contributed by atoms with Crippen molar-refractivity contribution < 1.29 is 8.78 Å². The van der Waals surface area contributed by atoms with Crippen molar-refractivity contribution in [3.05, 3.63) is 53.9 Å². The van der Waals surface area contributed by atoms with Gasteiger partial charge >= 0.3 is 0 Å². The lowest BCUT2D eigenvalue weighted by molar-refractivity contribution is 0.449. The molecule has 0 aliphatic carbocycles. The van der Waals surface area contributed by atoms with Crippen LogP contribution in [0.1, 0.15) is 12.5 Å². The van der Waals surface area contributed by atoms with Gasteiger partial charge in [0.1, 0.15) is 0 Å². The van der Waals surface area contributed by atoms with Crippen LogP contribution in [0.25, 0.3) is 0 Å². The summed E-state index contributed by atoms with van der Waals surface area (Å²) in [6.45, 7) is 3.25. The molecule has 1 unspecified atom stereocenters. The predicted molar refractivity (Wildman–Crippen MR) is 72.1 cm³/mol. The van der Waals surface area contributed by atoms with Gasteiger partial charge in [0, 0.05) is 25.0 Å². The van der Waals surface area contributed by atoms with E-state index in [0.29, 0.717) is 6.54 Å². The van der Waals surface area contributed by atoms with Gasteiger partial charge in [-0.3, -0.25) is 4.68 Å². The Labute approximate surface area is 117 Å². The number of hydrogen-bond donors (Lipinski definition) is 1. The molecule has 0 aliphatic heterocycles. The molecule has 0 spiro atoms. The topological polar surface area (TPSA) is 29.9 Å². The summed E-state index contributed by atoms with van der Waals surface area (Å²) in [5.41, 5.74) is 0.723. The van der Waals surface area contributed by atoms with Gasteiger partial charge in [-0.2, -0.15) is 5.10 Å². The monoisotopic (exact) mass is 287 g/mol. The number of nitrogens with zero attached hydrogens (tertiary/aromatic N) is 2. The Morgan fingerprint density at radius 1 is 1.32 bits per heavy atom. The molecule has 2 aromatic rings. The Kier molecular flexibility index (Phi) is 5.92. The highest BCUT2D eigenvalue weighted by Crippen LogP contribution is 2.08. The fourth-order valence-electron chi connectivity index (χ4n) is 1.70. The average molecular weight is 288 g/mol. The second-order valence-electron chi connectivity index (χ2n) is 4.26. The van der Waals surface area contributed by atoms with Crippen LogP contribution in [0, 0.1) is 11.6 Å². The molecule has 1 heterocycles. The van der Waals surface area contributed by atoms with Crippen molar-refractivity contribution >= 4 is 12.4 Å². The van der Waals surface area contributed by atoms with E-state index in [1.165, 1.54) is 6.07 Å². The SMILES string of the molecule is CC(Cn1cccn1)NCc1ccc(F)c(F)c1.Cl. The Morgan fingerprint density at radius 2 is 2.11 bits per heavy atom. The van der Waals surface area contributed by atoms with Crippen molar-refractivity contribution in [2.75, 3.05) is 0 Å². The fraction of sp³-hybridized carbons (Fsp3) is 0.308. The lowest BCUT2D eigenvalue weighted by atomic mass is 10.2. The Balaban J connectivity index is 0.00000180. The van der Waals surface area contributed by atoms with Crippen LogP contribution in [0.15, 0.2) is 36.7 Å². The highest BCUT2D eigenvalue weighted by molar-refractivity contribution is 5.85. The van der Waals surface area contributed by atoms with Crippen LogP contribution in [0.2, 0.25) is 0 Å². The third-order valence-corrected chi connectivity index (χ3v) is 2.66. The molecular formula is C13H16ClF2N3. The van der Waals surface area contributed by atoms with Crippen LogP contribution >= 0.6 is 12.4 Å². The molecule has 104 valence electrons. The molecule has 2 rings (SSSR count). The largest absolute Gasteiger partial charge is 0.308 e. The van der Waals surface area contributed by atoms with Crippen molar-refractivity contribution in [2.24, 2.45) is 0 Å². The zero-order chi connectivity index (χ0) is 13.0. The van der Waals surface area contributed by atoms with Gasteiger partial charge in [-0.1, -0.05) is 6.07 Å². The number of benzene rings is 1. The van der Waals surface area contributed by atoms with Gasteiger partial charge in [0.15, 0.2) is 11.6 Å². The second-order valence-corrected chi connectivity index (χ2v) is 4.26. The predicted octanol–water partition coefficient (Wildman–Crippen LogP) is 2.76.